The summed E-state index contributed by atoms with van der Waals surface area (Å²) in [5.74, 6) is -0.154. The van der Waals surface area contributed by atoms with Gasteiger partial charge in [-0.3, -0.25) is 0 Å². The Bertz CT molecular complexity index is 400. The lowest BCUT2D eigenvalue weighted by Crippen LogP contribution is -2.54. The number of unbranched alkanes of at least 4 members (excludes halogenated alkanes) is 2. The average molecular weight is 355 g/mol. The van der Waals surface area contributed by atoms with Crippen molar-refractivity contribution < 1.29 is 18.3 Å². The largest absolute Gasteiger partial charge is 0.438 e. The number of aliphatic hydroxyl groups is 1. The first-order valence-electron chi connectivity index (χ1n) is 7.86. The van der Waals surface area contributed by atoms with Crippen LogP contribution >= 0.6 is 12.2 Å². The summed E-state index contributed by atoms with van der Waals surface area (Å²) in [6.07, 6.45) is -0.208. The van der Waals surface area contributed by atoms with Gasteiger partial charge in [0, 0.05) is 18.2 Å². The second-order valence-corrected chi connectivity index (χ2v) is 6.37. The first kappa shape index (κ1) is 22.3. The molecular formula is C15H28F3N3OS. The molecule has 0 aromatic rings. The van der Waals surface area contributed by atoms with Crippen LogP contribution < -0.4 is 5.73 Å². The Hall–Kier alpha value is -0.730. The van der Waals surface area contributed by atoms with Crippen LogP contribution in [0.4, 0.5) is 13.2 Å². The molecule has 0 aliphatic carbocycles. The van der Waals surface area contributed by atoms with Gasteiger partial charge in [0.25, 0.3) is 5.72 Å². The molecule has 0 aromatic carbocycles. The van der Waals surface area contributed by atoms with E-state index in [2.05, 4.69) is 31.2 Å². The highest BCUT2D eigenvalue weighted by molar-refractivity contribution is 7.78. The molecule has 2 atom stereocenters. The summed E-state index contributed by atoms with van der Waals surface area (Å²) in [7, 11) is 0. The van der Waals surface area contributed by atoms with Crippen LogP contribution in [0.25, 0.3) is 0 Å². The van der Waals surface area contributed by atoms with Crippen LogP contribution in [0.15, 0.2) is 5.10 Å². The van der Waals surface area contributed by atoms with Crippen molar-refractivity contribution in [1.82, 2.24) is 5.01 Å². The second-order valence-electron chi connectivity index (χ2n) is 6.16. The summed E-state index contributed by atoms with van der Waals surface area (Å²) in [6, 6.07) is 0.404. The van der Waals surface area contributed by atoms with Crippen LogP contribution in [-0.2, 0) is 0 Å². The molecule has 23 heavy (non-hydrogen) atoms. The highest BCUT2D eigenvalue weighted by Gasteiger charge is 2.61. The SMILES string of the molecule is CC(C)C1=NN(C=S)C(O)(C(F)(F)F)C1.CCCCCC(C)N. The van der Waals surface area contributed by atoms with E-state index in [1.54, 1.807) is 13.8 Å². The summed E-state index contributed by atoms with van der Waals surface area (Å²) in [6.45, 7) is 7.70. The molecule has 1 rings (SSSR count). The Morgan fingerprint density at radius 1 is 1.39 bits per heavy atom. The fourth-order valence-corrected chi connectivity index (χ4v) is 2.19. The fraction of sp³-hybridized carbons (Fsp3) is 0.867. The van der Waals surface area contributed by atoms with Gasteiger partial charge in [0.1, 0.15) is 0 Å². The molecule has 0 amide bonds. The van der Waals surface area contributed by atoms with E-state index < -0.39 is 18.3 Å². The quantitative estimate of drug-likeness (QED) is 0.561. The molecule has 2 unspecified atom stereocenters. The minimum Gasteiger partial charge on any atom is -0.362 e. The van der Waals surface area contributed by atoms with Crippen molar-refractivity contribution >= 4 is 23.4 Å². The van der Waals surface area contributed by atoms with E-state index in [4.69, 9.17) is 5.73 Å². The van der Waals surface area contributed by atoms with Crippen molar-refractivity contribution in [2.45, 2.75) is 77.7 Å². The summed E-state index contributed by atoms with van der Waals surface area (Å²) < 4.78 is 37.8. The van der Waals surface area contributed by atoms with Gasteiger partial charge >= 0.3 is 6.18 Å². The number of hydrogen-bond acceptors (Lipinski definition) is 4. The number of hydrazone groups is 1. The molecule has 3 N–H and O–H groups in total. The number of halogens is 3. The lowest BCUT2D eigenvalue weighted by Gasteiger charge is -2.31. The van der Waals surface area contributed by atoms with E-state index in [1.807, 2.05) is 0 Å². The molecule has 0 saturated carbocycles. The molecule has 0 spiro atoms. The first-order valence-corrected chi connectivity index (χ1v) is 8.33. The molecule has 0 saturated heterocycles. The van der Waals surface area contributed by atoms with E-state index in [-0.39, 0.29) is 11.6 Å². The Morgan fingerprint density at radius 3 is 2.26 bits per heavy atom. The molecule has 1 heterocycles. The zero-order valence-electron chi connectivity index (χ0n) is 14.2. The highest BCUT2D eigenvalue weighted by atomic mass is 32.1. The van der Waals surface area contributed by atoms with Crippen molar-refractivity contribution in [2.24, 2.45) is 16.8 Å². The monoisotopic (exact) mass is 355 g/mol. The van der Waals surface area contributed by atoms with Crippen LogP contribution in [-0.4, -0.2) is 39.3 Å². The molecule has 0 radical (unpaired) electrons. The minimum atomic E-state index is -4.78. The third-order valence-corrected chi connectivity index (χ3v) is 3.73. The highest BCUT2D eigenvalue weighted by Crippen LogP contribution is 2.40. The molecule has 1 aliphatic rings. The van der Waals surface area contributed by atoms with E-state index in [0.717, 1.165) is 0 Å². The predicted octanol–water partition coefficient (Wildman–Crippen LogP) is 3.83. The van der Waals surface area contributed by atoms with Gasteiger partial charge in [-0.2, -0.15) is 18.3 Å². The number of alkyl halides is 3. The third kappa shape index (κ3) is 6.73. The standard InChI is InChI=1S/C8H11F3N2OS.C7H17N/c1-5(2)6-3-7(14,8(9,10)11)13(4-15)12-6;1-3-4-5-6-7(2)8/h4-5,14H,3H2,1-2H3;7H,3-6,8H2,1-2H3. The molecule has 1 aliphatic heterocycles. The zero-order chi connectivity index (χ0) is 18.3. The molecule has 8 heteroatoms. The number of nitrogens with two attached hydrogens (primary N) is 1. The van der Waals surface area contributed by atoms with Crippen molar-refractivity contribution in [1.29, 1.82) is 0 Å². The van der Waals surface area contributed by atoms with Gasteiger partial charge in [-0.05, 0) is 19.3 Å². The molecule has 0 bridgehead atoms. The lowest BCUT2D eigenvalue weighted by atomic mass is 9.99. The normalized spacial score (nSPS) is 22.5. The van der Waals surface area contributed by atoms with Gasteiger partial charge < -0.3 is 10.8 Å². The van der Waals surface area contributed by atoms with Gasteiger partial charge in [0.15, 0.2) is 0 Å². The second kappa shape index (κ2) is 9.54. The number of hydrogen-bond donors (Lipinski definition) is 2. The first-order chi connectivity index (χ1) is 10.5. The van der Waals surface area contributed by atoms with Crippen molar-refractivity contribution in [2.75, 3.05) is 0 Å². The molecular weight excluding hydrogens is 327 g/mol. The van der Waals surface area contributed by atoms with Gasteiger partial charge in [0.05, 0.1) is 5.49 Å². The van der Waals surface area contributed by atoms with Crippen LogP contribution in [0.1, 0.15) is 59.8 Å². The Labute approximate surface area is 141 Å². The van der Waals surface area contributed by atoms with Gasteiger partial charge in [-0.15, -0.1) is 0 Å². The van der Waals surface area contributed by atoms with Crippen LogP contribution in [0, 0.1) is 5.92 Å². The molecule has 4 nitrogen and oxygen atoms in total. The van der Waals surface area contributed by atoms with E-state index in [1.165, 1.54) is 25.7 Å². The maximum atomic E-state index is 12.6. The van der Waals surface area contributed by atoms with Crippen LogP contribution in [0.5, 0.6) is 0 Å². The molecule has 136 valence electrons. The minimum absolute atomic E-state index is 0.154. The molecule has 0 fully saturated rings. The van der Waals surface area contributed by atoms with Crippen molar-refractivity contribution in [3.05, 3.63) is 0 Å². The zero-order valence-corrected chi connectivity index (χ0v) is 15.0. The summed E-state index contributed by atoms with van der Waals surface area (Å²) >= 11 is 4.40. The van der Waals surface area contributed by atoms with Gasteiger partial charge in [-0.25, -0.2) is 5.01 Å². The fourth-order valence-electron chi connectivity index (χ4n) is 1.97. The number of rotatable bonds is 6. The van der Waals surface area contributed by atoms with E-state index in [0.29, 0.717) is 16.5 Å². The van der Waals surface area contributed by atoms with Crippen LogP contribution in [0.2, 0.25) is 0 Å². The topological polar surface area (TPSA) is 61.8 Å². The maximum Gasteiger partial charge on any atom is 0.438 e. The maximum absolute atomic E-state index is 12.6. The molecule has 0 aromatic heterocycles. The van der Waals surface area contributed by atoms with Crippen LogP contribution in [0.3, 0.4) is 0 Å². The average Bonchev–Trinajstić information content (AvgIpc) is 2.78. The Morgan fingerprint density at radius 2 is 1.96 bits per heavy atom. The lowest BCUT2D eigenvalue weighted by molar-refractivity contribution is -0.293. The summed E-state index contributed by atoms with van der Waals surface area (Å²) in [5, 5.41) is 13.5. The van der Waals surface area contributed by atoms with Crippen molar-refractivity contribution in [3.8, 4) is 0 Å². The summed E-state index contributed by atoms with van der Waals surface area (Å²) in [5.41, 5.74) is 3.55. The predicted molar refractivity (Wildman–Crippen MR) is 91.2 cm³/mol. The number of nitrogens with zero attached hydrogens (tertiary/aromatic N) is 2. The Kier molecular flexibility index (Phi) is 9.24. The Balaban J connectivity index is 0.000000515. The smallest absolute Gasteiger partial charge is 0.362 e. The van der Waals surface area contributed by atoms with Gasteiger partial charge in [0.2, 0.25) is 0 Å². The van der Waals surface area contributed by atoms with E-state index >= 15 is 0 Å². The third-order valence-electron chi connectivity index (χ3n) is 3.53. The van der Waals surface area contributed by atoms with Crippen molar-refractivity contribution in [3.63, 3.8) is 0 Å². The number of thiocarbonyl (C=S) groups is 1. The summed E-state index contributed by atoms with van der Waals surface area (Å²) in [4.78, 5) is 0. The van der Waals surface area contributed by atoms with E-state index in [9.17, 15) is 18.3 Å². The van der Waals surface area contributed by atoms with Gasteiger partial charge in [-0.1, -0.05) is 52.3 Å².